The molecule has 23 heavy (non-hydrogen) atoms. The maximum absolute atomic E-state index is 12.9. The lowest BCUT2D eigenvalue weighted by Gasteiger charge is -2.25. The molecule has 1 atom stereocenters. The molecule has 0 bridgehead atoms. The molecule has 0 saturated carbocycles. The van der Waals surface area contributed by atoms with Gasteiger partial charge in [0.25, 0.3) is 10.0 Å². The molecule has 120 valence electrons. The number of benzene rings is 2. The average Bonchev–Trinajstić information content (AvgIpc) is 2.76. The average molecular weight is 352 g/mol. The molecule has 0 spiro atoms. The molecule has 1 aliphatic heterocycles. The van der Waals surface area contributed by atoms with Gasteiger partial charge in [-0.15, -0.1) is 0 Å². The second kappa shape index (κ2) is 5.86. The van der Waals surface area contributed by atoms with Gasteiger partial charge in [0, 0.05) is 10.6 Å². The third kappa shape index (κ3) is 2.58. The van der Waals surface area contributed by atoms with Gasteiger partial charge in [0.15, 0.2) is 0 Å². The molecular weight excluding hydrogens is 338 g/mol. The van der Waals surface area contributed by atoms with Gasteiger partial charge >= 0.3 is 5.97 Å². The summed E-state index contributed by atoms with van der Waals surface area (Å²) in [6.45, 7) is 0. The van der Waals surface area contributed by atoms with Crippen molar-refractivity contribution >= 4 is 33.3 Å². The van der Waals surface area contributed by atoms with E-state index in [0.29, 0.717) is 16.3 Å². The van der Waals surface area contributed by atoms with Crippen molar-refractivity contribution in [3.8, 4) is 0 Å². The maximum atomic E-state index is 12.9. The summed E-state index contributed by atoms with van der Waals surface area (Å²) in [5.74, 6) is -0.501. The van der Waals surface area contributed by atoms with Crippen LogP contribution in [0.5, 0.6) is 0 Å². The molecule has 2 aromatic carbocycles. The molecule has 0 aromatic heterocycles. The second-order valence-corrected chi connectivity index (χ2v) is 7.27. The topological polar surface area (TPSA) is 63.7 Å². The second-order valence-electron chi connectivity index (χ2n) is 5.08. The molecule has 5 nitrogen and oxygen atoms in total. The highest BCUT2D eigenvalue weighted by molar-refractivity contribution is 7.93. The minimum atomic E-state index is -3.78. The van der Waals surface area contributed by atoms with E-state index in [-0.39, 0.29) is 11.3 Å². The number of carbonyl (C=O) groups excluding carboxylic acids is 1. The Labute approximate surface area is 139 Å². The highest BCUT2D eigenvalue weighted by Gasteiger charge is 2.45. The third-order valence-corrected chi connectivity index (χ3v) is 5.99. The van der Waals surface area contributed by atoms with Crippen molar-refractivity contribution in [2.24, 2.45) is 0 Å². The number of nitrogens with zero attached hydrogens (tertiary/aromatic N) is 1. The van der Waals surface area contributed by atoms with Crippen LogP contribution in [0.3, 0.4) is 0 Å². The van der Waals surface area contributed by atoms with Gasteiger partial charge in [-0.25, -0.2) is 8.42 Å². The molecule has 0 radical (unpaired) electrons. The number of sulfonamides is 1. The quantitative estimate of drug-likeness (QED) is 0.797. The first-order valence-electron chi connectivity index (χ1n) is 6.91. The Hall–Kier alpha value is -2.05. The van der Waals surface area contributed by atoms with Crippen LogP contribution >= 0.6 is 11.6 Å². The molecular formula is C16H14ClNO4S. The lowest BCUT2D eigenvalue weighted by atomic mass is 10.0. The molecule has 1 unspecified atom stereocenters. The Morgan fingerprint density at radius 2 is 1.87 bits per heavy atom. The summed E-state index contributed by atoms with van der Waals surface area (Å²) < 4.78 is 31.8. The van der Waals surface area contributed by atoms with Crippen LogP contribution in [0.1, 0.15) is 18.0 Å². The third-order valence-electron chi connectivity index (χ3n) is 3.76. The zero-order chi connectivity index (χ0) is 16.6. The van der Waals surface area contributed by atoms with Crippen molar-refractivity contribution in [3.63, 3.8) is 0 Å². The Morgan fingerprint density at radius 3 is 2.52 bits per heavy atom. The number of esters is 1. The van der Waals surface area contributed by atoms with E-state index in [1.807, 2.05) is 0 Å². The highest BCUT2D eigenvalue weighted by Crippen LogP contribution is 2.47. The first kappa shape index (κ1) is 15.8. The summed E-state index contributed by atoms with van der Waals surface area (Å²) in [4.78, 5) is 11.9. The number of anilines is 1. The molecule has 0 fully saturated rings. The lowest BCUT2D eigenvalue weighted by molar-refractivity contribution is -0.141. The SMILES string of the molecule is COC(=O)CC1c2c(Cl)cccc2S(=O)(=O)N1c1ccccc1. The number of hydrogen-bond donors (Lipinski definition) is 0. The number of halogens is 1. The molecule has 3 rings (SSSR count). The monoisotopic (exact) mass is 351 g/mol. The Bertz CT molecular complexity index is 852. The number of carbonyl (C=O) groups is 1. The van der Waals surface area contributed by atoms with E-state index in [4.69, 9.17) is 16.3 Å². The van der Waals surface area contributed by atoms with E-state index < -0.39 is 22.0 Å². The van der Waals surface area contributed by atoms with Gasteiger partial charge in [-0.3, -0.25) is 9.10 Å². The van der Waals surface area contributed by atoms with Crippen molar-refractivity contribution in [2.75, 3.05) is 11.4 Å². The number of para-hydroxylation sites is 1. The number of fused-ring (bicyclic) bond motifs is 1. The summed E-state index contributed by atoms with van der Waals surface area (Å²) in [7, 11) is -2.51. The van der Waals surface area contributed by atoms with Crippen molar-refractivity contribution < 1.29 is 17.9 Å². The van der Waals surface area contributed by atoms with Gasteiger partial charge < -0.3 is 4.74 Å². The van der Waals surface area contributed by atoms with E-state index >= 15 is 0 Å². The van der Waals surface area contributed by atoms with E-state index in [9.17, 15) is 13.2 Å². The molecule has 0 N–H and O–H groups in total. The van der Waals surface area contributed by atoms with Crippen LogP contribution in [-0.4, -0.2) is 21.5 Å². The van der Waals surface area contributed by atoms with E-state index in [1.54, 1.807) is 42.5 Å². The number of methoxy groups -OCH3 is 1. The molecule has 1 aliphatic rings. The Morgan fingerprint density at radius 1 is 1.17 bits per heavy atom. The fourth-order valence-corrected chi connectivity index (χ4v) is 5.03. The van der Waals surface area contributed by atoms with Crippen molar-refractivity contribution in [1.82, 2.24) is 0 Å². The number of ether oxygens (including phenoxy) is 1. The van der Waals surface area contributed by atoms with Crippen molar-refractivity contribution in [2.45, 2.75) is 17.4 Å². The zero-order valence-corrected chi connectivity index (χ0v) is 13.8. The molecule has 0 amide bonds. The van der Waals surface area contributed by atoms with Crippen LogP contribution < -0.4 is 4.31 Å². The zero-order valence-electron chi connectivity index (χ0n) is 12.3. The lowest BCUT2D eigenvalue weighted by Crippen LogP contribution is -2.29. The highest BCUT2D eigenvalue weighted by atomic mass is 35.5. The van der Waals surface area contributed by atoms with Crippen LogP contribution in [0.25, 0.3) is 0 Å². The van der Waals surface area contributed by atoms with Crippen LogP contribution in [0.15, 0.2) is 53.4 Å². The van der Waals surface area contributed by atoms with Crippen molar-refractivity contribution in [3.05, 3.63) is 59.1 Å². The molecule has 2 aromatic rings. The standard InChI is InChI=1S/C16H14ClNO4S/c1-22-15(19)10-13-16-12(17)8-5-9-14(16)23(20,21)18(13)11-6-3-2-4-7-11/h2-9,13H,10H2,1H3. The summed E-state index contributed by atoms with van der Waals surface area (Å²) >= 11 is 6.23. The smallest absolute Gasteiger partial charge is 0.307 e. The largest absolute Gasteiger partial charge is 0.469 e. The van der Waals surface area contributed by atoms with Gasteiger partial charge in [-0.05, 0) is 24.3 Å². The van der Waals surface area contributed by atoms with Crippen LogP contribution in [-0.2, 0) is 19.6 Å². The molecule has 7 heteroatoms. The van der Waals surface area contributed by atoms with E-state index in [2.05, 4.69) is 0 Å². The minimum Gasteiger partial charge on any atom is -0.469 e. The van der Waals surface area contributed by atoms with E-state index in [1.165, 1.54) is 17.5 Å². The Kier molecular flexibility index (Phi) is 4.04. The summed E-state index contributed by atoms with van der Waals surface area (Å²) in [6, 6.07) is 12.6. The maximum Gasteiger partial charge on any atom is 0.307 e. The summed E-state index contributed by atoms with van der Waals surface area (Å²) in [5.41, 5.74) is 0.914. The van der Waals surface area contributed by atoms with Crippen LogP contribution in [0.4, 0.5) is 5.69 Å². The minimum absolute atomic E-state index is 0.110. The van der Waals surface area contributed by atoms with Crippen molar-refractivity contribution in [1.29, 1.82) is 0 Å². The number of hydrogen-bond acceptors (Lipinski definition) is 4. The van der Waals surface area contributed by atoms with Crippen LogP contribution in [0.2, 0.25) is 5.02 Å². The predicted octanol–water partition coefficient (Wildman–Crippen LogP) is 3.15. The number of rotatable bonds is 3. The van der Waals surface area contributed by atoms with Gasteiger partial charge in [0.1, 0.15) is 0 Å². The molecule has 0 saturated heterocycles. The van der Waals surface area contributed by atoms with Gasteiger partial charge in [0.05, 0.1) is 30.2 Å². The van der Waals surface area contributed by atoms with Gasteiger partial charge in [-0.2, -0.15) is 0 Å². The fraction of sp³-hybridized carbons (Fsp3) is 0.188. The van der Waals surface area contributed by atoms with Gasteiger partial charge in [-0.1, -0.05) is 35.9 Å². The summed E-state index contributed by atoms with van der Waals surface area (Å²) in [5, 5.41) is 0.318. The fourth-order valence-electron chi connectivity index (χ4n) is 2.78. The predicted molar refractivity (Wildman–Crippen MR) is 86.9 cm³/mol. The molecule has 1 heterocycles. The van der Waals surface area contributed by atoms with Crippen LogP contribution in [0, 0.1) is 0 Å². The van der Waals surface area contributed by atoms with E-state index in [0.717, 1.165) is 0 Å². The Balaban J connectivity index is 2.21. The first-order chi connectivity index (χ1) is 11.0. The normalized spacial score (nSPS) is 18.5. The molecule has 0 aliphatic carbocycles. The summed E-state index contributed by atoms with van der Waals surface area (Å²) in [6.07, 6.45) is -0.110. The first-order valence-corrected chi connectivity index (χ1v) is 8.73. The van der Waals surface area contributed by atoms with Gasteiger partial charge in [0.2, 0.25) is 0 Å².